The van der Waals surface area contributed by atoms with E-state index in [0.29, 0.717) is 15.8 Å². The van der Waals surface area contributed by atoms with E-state index in [2.05, 4.69) is 20.7 Å². The number of ketones is 1. The highest BCUT2D eigenvalue weighted by Gasteiger charge is 2.19. The van der Waals surface area contributed by atoms with E-state index in [1.165, 1.54) is 25.3 Å². The molecule has 110 valence electrons. The number of carbonyl (C=O) groups is 1. The number of rotatable bonds is 5. The molecule has 0 atom stereocenters. The van der Waals surface area contributed by atoms with E-state index < -0.39 is 12.4 Å². The van der Waals surface area contributed by atoms with Crippen LogP contribution < -0.4 is 9.47 Å². The molecule has 0 aromatic heterocycles. The van der Waals surface area contributed by atoms with Crippen molar-refractivity contribution in [1.82, 2.24) is 0 Å². The Morgan fingerprint density at radius 2 is 1.86 bits per heavy atom. The van der Waals surface area contributed by atoms with E-state index >= 15 is 0 Å². The molecule has 6 heteroatoms. The highest BCUT2D eigenvalue weighted by atomic mass is 79.9. The lowest BCUT2D eigenvalue weighted by Gasteiger charge is -2.11. The van der Waals surface area contributed by atoms with E-state index in [1.807, 2.05) is 0 Å². The van der Waals surface area contributed by atoms with Gasteiger partial charge in [-0.1, -0.05) is 12.1 Å². The van der Waals surface area contributed by atoms with Crippen LogP contribution in [-0.2, 0) is 0 Å². The van der Waals surface area contributed by atoms with E-state index in [4.69, 9.17) is 4.74 Å². The molecule has 0 aliphatic heterocycles. The van der Waals surface area contributed by atoms with Crippen LogP contribution in [0.25, 0.3) is 0 Å². The number of halogens is 3. The molecule has 3 nitrogen and oxygen atoms in total. The number of hydrogen-bond acceptors (Lipinski definition) is 3. The predicted octanol–water partition coefficient (Wildman–Crippen LogP) is 4.29. The number of benzene rings is 2. The standard InChI is InChI=1S/C15H11BrF2O3/c1-20-9-6-7-10(12(16)8-9)14(19)11-4-2-3-5-13(11)21-15(17)18/h2-8,15H,1H3. The number of alkyl halides is 2. The quantitative estimate of drug-likeness (QED) is 0.749. The Morgan fingerprint density at radius 3 is 2.48 bits per heavy atom. The average Bonchev–Trinajstić information content (AvgIpc) is 2.46. The third-order valence-corrected chi connectivity index (χ3v) is 3.42. The fraction of sp³-hybridized carbons (Fsp3) is 0.133. The largest absolute Gasteiger partial charge is 0.497 e. The Morgan fingerprint density at radius 1 is 1.14 bits per heavy atom. The normalized spacial score (nSPS) is 10.5. The Hall–Kier alpha value is -1.95. The third kappa shape index (κ3) is 3.58. The lowest BCUT2D eigenvalue weighted by molar-refractivity contribution is -0.0501. The molecule has 0 aliphatic carbocycles. The highest BCUT2D eigenvalue weighted by molar-refractivity contribution is 9.10. The van der Waals surface area contributed by atoms with Crippen molar-refractivity contribution in [1.29, 1.82) is 0 Å². The molecule has 0 radical (unpaired) electrons. The summed E-state index contributed by atoms with van der Waals surface area (Å²) in [6.45, 7) is -2.99. The Bertz CT molecular complexity index is 659. The number of hydrogen-bond donors (Lipinski definition) is 0. The maximum Gasteiger partial charge on any atom is 0.387 e. The monoisotopic (exact) mass is 356 g/mol. The summed E-state index contributed by atoms with van der Waals surface area (Å²) in [5.74, 6) is 0.0107. The van der Waals surface area contributed by atoms with Gasteiger partial charge in [0.1, 0.15) is 11.5 Å². The molecular formula is C15H11BrF2O3. The molecule has 0 bridgehead atoms. The van der Waals surface area contributed by atoms with E-state index in [9.17, 15) is 13.6 Å². The first kappa shape index (κ1) is 15.4. The molecule has 0 aliphatic rings. The molecule has 0 heterocycles. The molecule has 0 fully saturated rings. The molecule has 21 heavy (non-hydrogen) atoms. The van der Waals surface area contributed by atoms with Crippen molar-refractivity contribution in [3.05, 3.63) is 58.1 Å². The Balaban J connectivity index is 2.40. The van der Waals surface area contributed by atoms with Crippen LogP contribution in [-0.4, -0.2) is 19.5 Å². The number of methoxy groups -OCH3 is 1. The molecule has 0 unspecified atom stereocenters. The lowest BCUT2D eigenvalue weighted by Crippen LogP contribution is -2.09. The van der Waals surface area contributed by atoms with Gasteiger partial charge >= 0.3 is 6.61 Å². The van der Waals surface area contributed by atoms with Crippen molar-refractivity contribution in [2.75, 3.05) is 7.11 Å². The first-order valence-corrected chi connectivity index (χ1v) is 6.74. The first-order chi connectivity index (χ1) is 10.0. The Labute approximate surface area is 128 Å². The molecular weight excluding hydrogens is 346 g/mol. The minimum absolute atomic E-state index is 0.0728. The summed E-state index contributed by atoms with van der Waals surface area (Å²) in [4.78, 5) is 12.5. The van der Waals surface area contributed by atoms with Crippen LogP contribution in [0.3, 0.4) is 0 Å². The second-order valence-electron chi connectivity index (χ2n) is 4.05. The van der Waals surface area contributed by atoms with Gasteiger partial charge in [0.2, 0.25) is 0 Å². The molecule has 0 saturated heterocycles. The number of carbonyl (C=O) groups excluding carboxylic acids is 1. The maximum absolute atomic E-state index is 12.5. The second kappa shape index (κ2) is 6.67. The van der Waals surface area contributed by atoms with Gasteiger partial charge in [-0.15, -0.1) is 0 Å². The second-order valence-corrected chi connectivity index (χ2v) is 4.90. The zero-order valence-electron chi connectivity index (χ0n) is 11.0. The van der Waals surface area contributed by atoms with Gasteiger partial charge in [0.15, 0.2) is 5.78 Å². The summed E-state index contributed by atoms with van der Waals surface area (Å²) in [5.41, 5.74) is 0.407. The van der Waals surface area contributed by atoms with Gasteiger partial charge in [-0.2, -0.15) is 8.78 Å². The van der Waals surface area contributed by atoms with E-state index in [-0.39, 0.29) is 11.3 Å². The van der Waals surface area contributed by atoms with Gasteiger partial charge in [0.05, 0.1) is 12.7 Å². The van der Waals surface area contributed by atoms with Crippen LogP contribution in [0.15, 0.2) is 46.9 Å². The maximum atomic E-state index is 12.5. The van der Waals surface area contributed by atoms with Crippen LogP contribution in [0.5, 0.6) is 11.5 Å². The third-order valence-electron chi connectivity index (χ3n) is 2.77. The average molecular weight is 357 g/mol. The van der Waals surface area contributed by atoms with Crippen molar-refractivity contribution in [3.8, 4) is 11.5 Å². The minimum Gasteiger partial charge on any atom is -0.497 e. The van der Waals surface area contributed by atoms with Crippen molar-refractivity contribution in [3.63, 3.8) is 0 Å². The zero-order chi connectivity index (χ0) is 15.4. The summed E-state index contributed by atoms with van der Waals surface area (Å²) in [6, 6.07) is 10.7. The van der Waals surface area contributed by atoms with Crippen molar-refractivity contribution in [2.24, 2.45) is 0 Å². The van der Waals surface area contributed by atoms with E-state index in [0.717, 1.165) is 0 Å². The van der Waals surface area contributed by atoms with Gasteiger partial charge in [0.25, 0.3) is 0 Å². The van der Waals surface area contributed by atoms with Crippen molar-refractivity contribution >= 4 is 21.7 Å². The lowest BCUT2D eigenvalue weighted by atomic mass is 10.0. The Kier molecular flexibility index (Phi) is 4.90. The van der Waals surface area contributed by atoms with Crippen LogP contribution in [0.4, 0.5) is 8.78 Å². The molecule has 0 saturated carbocycles. The molecule has 0 amide bonds. The first-order valence-electron chi connectivity index (χ1n) is 5.95. The van der Waals surface area contributed by atoms with Crippen LogP contribution in [0.2, 0.25) is 0 Å². The summed E-state index contributed by atoms with van der Waals surface area (Å²) < 4.78 is 34.7. The molecule has 2 rings (SSSR count). The predicted molar refractivity (Wildman–Crippen MR) is 77.2 cm³/mol. The topological polar surface area (TPSA) is 35.5 Å². The molecule has 2 aromatic carbocycles. The molecule has 0 N–H and O–H groups in total. The molecule has 2 aromatic rings. The van der Waals surface area contributed by atoms with Gasteiger partial charge in [-0.25, -0.2) is 0 Å². The van der Waals surface area contributed by atoms with Crippen LogP contribution >= 0.6 is 15.9 Å². The van der Waals surface area contributed by atoms with Crippen LogP contribution in [0.1, 0.15) is 15.9 Å². The highest BCUT2D eigenvalue weighted by Crippen LogP contribution is 2.28. The van der Waals surface area contributed by atoms with Crippen molar-refractivity contribution < 1.29 is 23.0 Å². The number of ether oxygens (including phenoxy) is 2. The van der Waals surface area contributed by atoms with Crippen LogP contribution in [0, 0.1) is 0 Å². The number of para-hydroxylation sites is 1. The van der Waals surface area contributed by atoms with Gasteiger partial charge < -0.3 is 9.47 Å². The van der Waals surface area contributed by atoms with E-state index in [1.54, 1.807) is 24.3 Å². The fourth-order valence-electron chi connectivity index (χ4n) is 1.81. The summed E-state index contributed by atoms with van der Waals surface area (Å²) in [7, 11) is 1.51. The van der Waals surface area contributed by atoms with Crippen molar-refractivity contribution in [2.45, 2.75) is 6.61 Å². The smallest absolute Gasteiger partial charge is 0.387 e. The summed E-state index contributed by atoms with van der Waals surface area (Å²) in [6.07, 6.45) is 0. The van der Waals surface area contributed by atoms with Gasteiger partial charge in [-0.3, -0.25) is 4.79 Å². The minimum atomic E-state index is -2.99. The fourth-order valence-corrected chi connectivity index (χ4v) is 2.34. The molecule has 0 spiro atoms. The SMILES string of the molecule is COc1ccc(C(=O)c2ccccc2OC(F)F)c(Br)c1. The zero-order valence-corrected chi connectivity index (χ0v) is 12.6. The summed E-state index contributed by atoms with van der Waals surface area (Å²) in [5, 5.41) is 0. The van der Waals surface area contributed by atoms with Gasteiger partial charge in [0, 0.05) is 10.0 Å². The summed E-state index contributed by atoms with van der Waals surface area (Å²) >= 11 is 3.27. The van der Waals surface area contributed by atoms with Gasteiger partial charge in [-0.05, 0) is 46.3 Å².